The first-order valence-corrected chi connectivity index (χ1v) is 13.7. The van der Waals surface area contributed by atoms with Gasteiger partial charge in [0.1, 0.15) is 12.4 Å². The Balaban J connectivity index is 1.66. The smallest absolute Gasteiger partial charge is 0.303 e. The molecule has 1 fully saturated rings. The number of benzene rings is 3. The second kappa shape index (κ2) is 12.9. The molecule has 3 aromatic rings. The number of halogens is 2. The van der Waals surface area contributed by atoms with E-state index in [-0.39, 0.29) is 47.9 Å². The van der Waals surface area contributed by atoms with Crippen LogP contribution in [0.5, 0.6) is 5.75 Å². The molecule has 5 nitrogen and oxygen atoms in total. The molecule has 3 aromatic carbocycles. The Labute approximate surface area is 235 Å². The van der Waals surface area contributed by atoms with Crippen LogP contribution in [0.4, 0.5) is 8.78 Å². The first-order chi connectivity index (χ1) is 19.1. The van der Waals surface area contributed by atoms with Crippen LogP contribution >= 0.6 is 0 Å². The summed E-state index contributed by atoms with van der Waals surface area (Å²) in [7, 11) is 1.61. The highest BCUT2D eigenvalue weighted by molar-refractivity contribution is 5.69. The number of ether oxygens (including phenoxy) is 3. The zero-order valence-corrected chi connectivity index (χ0v) is 23.6. The van der Waals surface area contributed by atoms with Crippen LogP contribution in [0.2, 0.25) is 0 Å². The van der Waals surface area contributed by atoms with E-state index in [2.05, 4.69) is 20.8 Å². The molecule has 1 aliphatic rings. The molecule has 214 valence electrons. The number of carbonyl (C=O) groups is 1. The predicted octanol–water partition coefficient (Wildman–Crippen LogP) is 7.93. The van der Waals surface area contributed by atoms with Crippen molar-refractivity contribution in [2.24, 2.45) is 11.3 Å². The Morgan fingerprint density at radius 3 is 2.38 bits per heavy atom. The average Bonchev–Trinajstić information content (AvgIpc) is 3.75. The monoisotopic (exact) mass is 552 g/mol. The van der Waals surface area contributed by atoms with E-state index in [4.69, 9.17) is 14.2 Å². The summed E-state index contributed by atoms with van der Waals surface area (Å²) < 4.78 is 47.9. The average molecular weight is 553 g/mol. The Morgan fingerprint density at radius 1 is 0.975 bits per heavy atom. The second-order valence-electron chi connectivity index (χ2n) is 11.5. The lowest BCUT2D eigenvalue weighted by atomic mass is 9.81. The molecule has 0 aromatic heterocycles. The Hall–Kier alpha value is -3.29. The first-order valence-electron chi connectivity index (χ1n) is 13.7. The summed E-state index contributed by atoms with van der Waals surface area (Å²) in [4.78, 5) is 11.4. The normalized spacial score (nSPS) is 15.1. The van der Waals surface area contributed by atoms with Gasteiger partial charge in [0.25, 0.3) is 0 Å². The molecule has 1 saturated carbocycles. The van der Waals surface area contributed by atoms with Crippen molar-refractivity contribution in [3.63, 3.8) is 0 Å². The Kier molecular flexibility index (Phi) is 9.59. The second-order valence-corrected chi connectivity index (χ2v) is 11.5. The highest BCUT2D eigenvalue weighted by Crippen LogP contribution is 2.46. The van der Waals surface area contributed by atoms with Crippen LogP contribution < -0.4 is 4.74 Å². The summed E-state index contributed by atoms with van der Waals surface area (Å²) in [5, 5.41) is 9.36. The third kappa shape index (κ3) is 7.26. The van der Waals surface area contributed by atoms with E-state index in [9.17, 15) is 14.3 Å². The largest absolute Gasteiger partial charge is 0.486 e. The van der Waals surface area contributed by atoms with Crippen LogP contribution in [0.15, 0.2) is 60.7 Å². The molecule has 0 heterocycles. The van der Waals surface area contributed by atoms with E-state index in [1.165, 1.54) is 6.07 Å². The van der Waals surface area contributed by atoms with Crippen molar-refractivity contribution in [3.05, 3.63) is 89.0 Å². The van der Waals surface area contributed by atoms with Gasteiger partial charge in [-0.05, 0) is 64.6 Å². The molecule has 1 N–H and O–H groups in total. The highest BCUT2D eigenvalue weighted by atomic mass is 19.1. The zero-order valence-electron chi connectivity index (χ0n) is 23.6. The summed E-state index contributed by atoms with van der Waals surface area (Å²) >= 11 is 0. The fourth-order valence-corrected chi connectivity index (χ4v) is 5.20. The summed E-state index contributed by atoms with van der Waals surface area (Å²) in [6, 6.07) is 17.2. The number of hydrogen-bond acceptors (Lipinski definition) is 4. The molecule has 0 spiro atoms. The fraction of sp³-hybridized carbons (Fsp3) is 0.424. The fourth-order valence-electron chi connectivity index (χ4n) is 5.20. The maximum absolute atomic E-state index is 15.5. The maximum Gasteiger partial charge on any atom is 0.303 e. The van der Waals surface area contributed by atoms with Crippen LogP contribution in [0.25, 0.3) is 11.1 Å². The van der Waals surface area contributed by atoms with Gasteiger partial charge in [-0.2, -0.15) is 0 Å². The van der Waals surface area contributed by atoms with Gasteiger partial charge in [0.2, 0.25) is 0 Å². The van der Waals surface area contributed by atoms with Gasteiger partial charge in [0, 0.05) is 18.6 Å². The molecule has 7 heteroatoms. The molecule has 4 rings (SSSR count). The van der Waals surface area contributed by atoms with Crippen molar-refractivity contribution < 1.29 is 32.9 Å². The van der Waals surface area contributed by atoms with Crippen molar-refractivity contribution in [1.29, 1.82) is 0 Å². The van der Waals surface area contributed by atoms with Gasteiger partial charge in [0.15, 0.2) is 11.6 Å². The molecule has 0 aliphatic heterocycles. The van der Waals surface area contributed by atoms with Gasteiger partial charge in [-0.25, -0.2) is 8.78 Å². The summed E-state index contributed by atoms with van der Waals surface area (Å²) in [5.41, 5.74) is 2.83. The number of hydrogen-bond donors (Lipinski definition) is 1. The molecule has 2 atom stereocenters. The van der Waals surface area contributed by atoms with Crippen molar-refractivity contribution >= 4 is 5.97 Å². The lowest BCUT2D eigenvalue weighted by molar-refractivity contribution is -0.137. The van der Waals surface area contributed by atoms with Crippen molar-refractivity contribution in [1.82, 2.24) is 0 Å². The quantitative estimate of drug-likeness (QED) is 0.218. The topological polar surface area (TPSA) is 65.0 Å². The molecule has 0 unspecified atom stereocenters. The number of rotatable bonds is 13. The maximum atomic E-state index is 15.5. The lowest BCUT2D eigenvalue weighted by Gasteiger charge is -2.33. The third-order valence-corrected chi connectivity index (χ3v) is 7.29. The molecule has 0 bridgehead atoms. The van der Waals surface area contributed by atoms with Gasteiger partial charge in [-0.15, -0.1) is 0 Å². The SMILES string of the molecule is COCCO[C@H](c1cc(COc2cccc([C@@H](CC(=O)O)C3CC3)c2F)ccc1-c1ccccc1F)C(C)(C)C. The van der Waals surface area contributed by atoms with Gasteiger partial charge >= 0.3 is 5.97 Å². The van der Waals surface area contributed by atoms with Crippen LogP contribution in [0.1, 0.15) is 68.7 Å². The highest BCUT2D eigenvalue weighted by Gasteiger charge is 2.36. The Morgan fingerprint density at radius 2 is 1.73 bits per heavy atom. The minimum absolute atomic E-state index is 0.0763. The van der Waals surface area contributed by atoms with E-state index in [1.807, 2.05) is 18.2 Å². The molecule has 1 aliphatic carbocycles. The first kappa shape index (κ1) is 29.7. The van der Waals surface area contributed by atoms with Crippen LogP contribution in [0.3, 0.4) is 0 Å². The standard InChI is InChI=1S/C33H38F2O5/c1-33(2,3)32(39-17-16-38-4)27-18-21(12-15-23(27)24-8-5-6-10-28(24)34)20-40-29-11-7-9-25(31(29)35)26(19-30(36)37)22-13-14-22/h5-12,15,18,22,26,32H,13-14,16-17,19-20H2,1-4H3,(H,36,37)/t26-,32+/m0/s1. The van der Waals surface area contributed by atoms with Gasteiger partial charge < -0.3 is 19.3 Å². The molecular formula is C33H38F2O5. The summed E-state index contributed by atoms with van der Waals surface area (Å²) in [6.07, 6.45) is 1.32. The number of methoxy groups -OCH3 is 1. The minimum Gasteiger partial charge on any atom is -0.486 e. The van der Waals surface area contributed by atoms with E-state index in [1.54, 1.807) is 43.5 Å². The molecule has 0 saturated heterocycles. The molecule has 40 heavy (non-hydrogen) atoms. The molecule has 0 amide bonds. The predicted molar refractivity (Wildman–Crippen MR) is 150 cm³/mol. The van der Waals surface area contributed by atoms with E-state index >= 15 is 4.39 Å². The van der Waals surface area contributed by atoms with Crippen LogP contribution in [-0.2, 0) is 20.9 Å². The lowest BCUT2D eigenvalue weighted by Crippen LogP contribution is -2.24. The van der Waals surface area contributed by atoms with E-state index in [0.717, 1.165) is 24.0 Å². The molecular weight excluding hydrogens is 514 g/mol. The van der Waals surface area contributed by atoms with Crippen LogP contribution in [-0.4, -0.2) is 31.4 Å². The van der Waals surface area contributed by atoms with Crippen molar-refractivity contribution in [2.75, 3.05) is 20.3 Å². The minimum atomic E-state index is -0.939. The van der Waals surface area contributed by atoms with Crippen molar-refractivity contribution in [3.8, 4) is 16.9 Å². The number of aliphatic carboxylic acids is 1. The number of carboxylic acids is 1. The zero-order chi connectivity index (χ0) is 28.9. The number of carboxylic acid groups (broad SMARTS) is 1. The summed E-state index contributed by atoms with van der Waals surface area (Å²) in [5.74, 6) is -1.89. The molecule has 0 radical (unpaired) electrons. The van der Waals surface area contributed by atoms with Gasteiger partial charge in [-0.3, -0.25) is 4.79 Å². The van der Waals surface area contributed by atoms with Crippen LogP contribution in [0, 0.1) is 23.0 Å². The van der Waals surface area contributed by atoms with E-state index in [0.29, 0.717) is 29.9 Å². The summed E-state index contributed by atoms with van der Waals surface area (Å²) in [6.45, 7) is 7.05. The van der Waals surface area contributed by atoms with Crippen molar-refractivity contribution in [2.45, 2.75) is 58.7 Å². The van der Waals surface area contributed by atoms with Gasteiger partial charge in [0.05, 0.1) is 25.7 Å². The van der Waals surface area contributed by atoms with E-state index < -0.39 is 11.8 Å². The third-order valence-electron chi connectivity index (χ3n) is 7.29. The van der Waals surface area contributed by atoms with Gasteiger partial charge in [-0.1, -0.05) is 63.2 Å². The Bertz CT molecular complexity index is 1310.